The Morgan fingerprint density at radius 3 is 2.79 bits per heavy atom. The normalized spacial score (nSPS) is 19.4. The number of nitrogens with zero attached hydrogens (tertiary/aromatic N) is 4. The predicted molar refractivity (Wildman–Crippen MR) is 127 cm³/mol. The quantitative estimate of drug-likeness (QED) is 0.406. The maximum absolute atomic E-state index is 12.7. The number of aromatic nitrogens is 4. The van der Waals surface area contributed by atoms with Crippen LogP contribution in [-0.2, 0) is 11.3 Å². The minimum absolute atomic E-state index is 0.0311. The molecule has 3 aromatic heterocycles. The number of hydrogen-bond acceptors (Lipinski definition) is 5. The average molecular weight is 459 g/mol. The molecule has 6 rings (SSSR count). The molecule has 4 aromatic rings. The summed E-state index contributed by atoms with van der Waals surface area (Å²) in [6.07, 6.45) is 9.05. The van der Waals surface area contributed by atoms with Gasteiger partial charge in [0.15, 0.2) is 0 Å². The lowest BCUT2D eigenvalue weighted by Gasteiger charge is -2.07. The summed E-state index contributed by atoms with van der Waals surface area (Å²) in [5.74, 6) is 1.95. The molecule has 3 heterocycles. The molecule has 33 heavy (non-hydrogen) atoms. The van der Waals surface area contributed by atoms with Crippen molar-refractivity contribution in [1.29, 1.82) is 0 Å². The molecule has 2 aliphatic carbocycles. The van der Waals surface area contributed by atoms with Crippen molar-refractivity contribution in [3.8, 4) is 0 Å². The highest BCUT2D eigenvalue weighted by molar-refractivity contribution is 6.30. The van der Waals surface area contributed by atoms with E-state index in [0.29, 0.717) is 29.1 Å². The van der Waals surface area contributed by atoms with Crippen LogP contribution in [0, 0.1) is 5.92 Å². The first-order valence-electron chi connectivity index (χ1n) is 11.2. The van der Waals surface area contributed by atoms with Gasteiger partial charge in [0, 0.05) is 29.4 Å². The van der Waals surface area contributed by atoms with Crippen molar-refractivity contribution in [1.82, 2.24) is 19.4 Å². The third kappa shape index (κ3) is 4.41. The van der Waals surface area contributed by atoms with E-state index in [4.69, 9.17) is 11.6 Å². The zero-order valence-corrected chi connectivity index (χ0v) is 18.7. The van der Waals surface area contributed by atoms with Crippen molar-refractivity contribution < 1.29 is 4.79 Å². The second-order valence-corrected chi connectivity index (χ2v) is 9.31. The molecular formula is C25H23ClN6O. The van der Waals surface area contributed by atoms with Crippen LogP contribution >= 0.6 is 11.6 Å². The van der Waals surface area contributed by atoms with Crippen LogP contribution in [0.25, 0.3) is 5.65 Å². The lowest BCUT2D eigenvalue weighted by molar-refractivity contribution is -0.117. The maximum atomic E-state index is 12.7. The summed E-state index contributed by atoms with van der Waals surface area (Å²) < 4.78 is 2.09. The molecule has 8 heteroatoms. The van der Waals surface area contributed by atoms with Gasteiger partial charge in [0.05, 0.1) is 12.2 Å². The molecule has 166 valence electrons. The number of amides is 1. The molecule has 0 aliphatic heterocycles. The van der Waals surface area contributed by atoms with Crippen LogP contribution in [0.5, 0.6) is 0 Å². The minimum atomic E-state index is -0.0617. The van der Waals surface area contributed by atoms with E-state index in [0.717, 1.165) is 23.3 Å². The summed E-state index contributed by atoms with van der Waals surface area (Å²) in [5, 5.41) is 6.89. The summed E-state index contributed by atoms with van der Waals surface area (Å²) >= 11 is 6.08. The van der Waals surface area contributed by atoms with Crippen LogP contribution in [-0.4, -0.2) is 25.3 Å². The lowest BCUT2D eigenvalue weighted by Crippen LogP contribution is -2.16. The Kier molecular flexibility index (Phi) is 4.99. The van der Waals surface area contributed by atoms with E-state index >= 15 is 0 Å². The zero-order valence-electron chi connectivity index (χ0n) is 17.9. The van der Waals surface area contributed by atoms with Gasteiger partial charge in [-0.15, -0.1) is 0 Å². The zero-order chi connectivity index (χ0) is 22.4. The van der Waals surface area contributed by atoms with Gasteiger partial charge in [0.1, 0.15) is 23.6 Å². The second-order valence-electron chi connectivity index (χ2n) is 8.87. The van der Waals surface area contributed by atoms with Crippen LogP contribution in [0.3, 0.4) is 0 Å². The number of nitrogens with one attached hydrogen (secondary N) is 2. The van der Waals surface area contributed by atoms with Crippen LogP contribution < -0.4 is 10.6 Å². The first-order chi connectivity index (χ1) is 16.1. The van der Waals surface area contributed by atoms with Crippen LogP contribution in [0.1, 0.15) is 47.9 Å². The number of imidazole rings is 1. The summed E-state index contributed by atoms with van der Waals surface area (Å²) in [5.41, 5.74) is 4.34. The Hall–Kier alpha value is -3.45. The first kappa shape index (κ1) is 20.2. The molecule has 2 atom stereocenters. The van der Waals surface area contributed by atoms with E-state index in [1.165, 1.54) is 24.7 Å². The van der Waals surface area contributed by atoms with Gasteiger partial charge in [-0.25, -0.2) is 15.0 Å². The van der Waals surface area contributed by atoms with Gasteiger partial charge in [0.2, 0.25) is 5.91 Å². The van der Waals surface area contributed by atoms with E-state index in [-0.39, 0.29) is 17.7 Å². The molecule has 0 saturated heterocycles. The fraction of sp³-hybridized carbons (Fsp3) is 0.280. The van der Waals surface area contributed by atoms with Gasteiger partial charge in [-0.3, -0.25) is 4.79 Å². The third-order valence-electron chi connectivity index (χ3n) is 6.35. The summed E-state index contributed by atoms with van der Waals surface area (Å²) in [6, 6.07) is 13.7. The fourth-order valence-corrected chi connectivity index (χ4v) is 4.52. The fourth-order valence-electron chi connectivity index (χ4n) is 4.32. The number of carbonyl (C=O) groups excluding carboxylic acids is 1. The monoisotopic (exact) mass is 458 g/mol. The van der Waals surface area contributed by atoms with Crippen molar-refractivity contribution in [3.05, 3.63) is 83.0 Å². The highest BCUT2D eigenvalue weighted by Gasteiger charge is 2.44. The van der Waals surface area contributed by atoms with Crippen molar-refractivity contribution in [2.75, 3.05) is 10.6 Å². The van der Waals surface area contributed by atoms with E-state index in [1.807, 2.05) is 30.5 Å². The van der Waals surface area contributed by atoms with Crippen molar-refractivity contribution in [3.63, 3.8) is 0 Å². The SMILES string of the molecule is O=C(Nc1cc(NCc2cn3cc(C4CC4)ccc3n2)ncn1)[C@@H]1C[C@H]1c1cccc(Cl)c1. The smallest absolute Gasteiger partial charge is 0.229 e. The number of fused-ring (bicyclic) bond motifs is 1. The van der Waals surface area contributed by atoms with Gasteiger partial charge in [-0.2, -0.15) is 0 Å². The lowest BCUT2D eigenvalue weighted by atomic mass is 10.1. The number of benzene rings is 1. The van der Waals surface area contributed by atoms with Crippen molar-refractivity contribution >= 4 is 34.8 Å². The van der Waals surface area contributed by atoms with Crippen LogP contribution in [0.4, 0.5) is 11.6 Å². The number of carbonyl (C=O) groups is 1. The van der Waals surface area contributed by atoms with E-state index in [9.17, 15) is 4.79 Å². The highest BCUT2D eigenvalue weighted by atomic mass is 35.5. The average Bonchev–Trinajstić information content (AvgIpc) is 3.74. The van der Waals surface area contributed by atoms with Crippen molar-refractivity contribution in [2.45, 2.75) is 37.6 Å². The predicted octanol–water partition coefficient (Wildman–Crippen LogP) is 5.01. The molecule has 0 bridgehead atoms. The molecule has 2 N–H and O–H groups in total. The topological polar surface area (TPSA) is 84.2 Å². The van der Waals surface area contributed by atoms with Crippen LogP contribution in [0.15, 0.2) is 61.2 Å². The maximum Gasteiger partial charge on any atom is 0.229 e. The van der Waals surface area contributed by atoms with E-state index in [1.54, 1.807) is 6.07 Å². The molecule has 1 amide bonds. The number of pyridine rings is 1. The van der Waals surface area contributed by atoms with Gasteiger partial charge in [-0.1, -0.05) is 29.8 Å². The molecule has 0 unspecified atom stereocenters. The summed E-state index contributed by atoms with van der Waals surface area (Å²) in [4.78, 5) is 25.8. The Balaban J connectivity index is 1.08. The molecule has 0 radical (unpaired) electrons. The Morgan fingerprint density at radius 2 is 1.94 bits per heavy atom. The van der Waals surface area contributed by atoms with Gasteiger partial charge in [-0.05, 0) is 60.4 Å². The van der Waals surface area contributed by atoms with Gasteiger partial charge < -0.3 is 15.0 Å². The summed E-state index contributed by atoms with van der Waals surface area (Å²) in [7, 11) is 0. The molecule has 2 aliphatic rings. The van der Waals surface area contributed by atoms with E-state index < -0.39 is 0 Å². The molecule has 7 nitrogen and oxygen atoms in total. The highest BCUT2D eigenvalue weighted by Crippen LogP contribution is 2.48. The standard InChI is InChI=1S/C25H23ClN6O/c26-18-3-1-2-16(8-18)20-9-21(20)25(33)31-23-10-22(28-14-29-23)27-11-19-13-32-12-17(15-4-5-15)6-7-24(32)30-19/h1-3,6-8,10,12-15,20-21H,4-5,9,11H2,(H2,27,28,29,31,33)/t20-,21+/m0/s1. The van der Waals surface area contributed by atoms with Gasteiger partial charge >= 0.3 is 0 Å². The van der Waals surface area contributed by atoms with Crippen LogP contribution in [0.2, 0.25) is 5.02 Å². The first-order valence-corrected chi connectivity index (χ1v) is 11.6. The Labute approximate surface area is 196 Å². The largest absolute Gasteiger partial charge is 0.364 e. The number of rotatable bonds is 7. The van der Waals surface area contributed by atoms with Gasteiger partial charge in [0.25, 0.3) is 0 Å². The van der Waals surface area contributed by atoms with E-state index in [2.05, 4.69) is 48.3 Å². The molecule has 0 spiro atoms. The Bertz CT molecular complexity index is 1350. The minimum Gasteiger partial charge on any atom is -0.364 e. The molecule has 1 aromatic carbocycles. The third-order valence-corrected chi connectivity index (χ3v) is 6.58. The summed E-state index contributed by atoms with van der Waals surface area (Å²) in [6.45, 7) is 0.532. The molecule has 2 saturated carbocycles. The molecule has 2 fully saturated rings. The Morgan fingerprint density at radius 1 is 1.06 bits per heavy atom. The molecular weight excluding hydrogens is 436 g/mol. The van der Waals surface area contributed by atoms with Crippen molar-refractivity contribution in [2.24, 2.45) is 5.92 Å². The number of halogens is 1. The number of anilines is 2. The number of hydrogen-bond donors (Lipinski definition) is 2. The second kappa shape index (κ2) is 8.15.